The fourth-order valence-corrected chi connectivity index (χ4v) is 3.22. The molecule has 4 nitrogen and oxygen atoms in total. The lowest BCUT2D eigenvalue weighted by Crippen LogP contribution is -2.21. The first-order valence-corrected chi connectivity index (χ1v) is 8.28. The highest BCUT2D eigenvalue weighted by Gasteiger charge is 2.40. The number of carbonyl (C=O) groups excluding carboxylic acids is 2. The molecule has 2 heterocycles. The minimum absolute atomic E-state index is 0.253. The normalized spacial score (nSPS) is 16.4. The van der Waals surface area contributed by atoms with Crippen LogP contribution in [-0.2, 0) is 9.59 Å². The summed E-state index contributed by atoms with van der Waals surface area (Å²) in [4.78, 5) is 25.0. The van der Waals surface area contributed by atoms with Crippen LogP contribution < -0.4 is 16.1 Å². The summed E-state index contributed by atoms with van der Waals surface area (Å²) in [6, 6.07) is 15.2. The monoisotopic (exact) mass is 378 g/mol. The minimum atomic E-state index is -0.253. The maximum atomic E-state index is 12.5. The zero-order valence-corrected chi connectivity index (χ0v) is 14.4. The molecule has 0 saturated heterocycles. The van der Waals surface area contributed by atoms with E-state index in [9.17, 15) is 9.59 Å². The number of fused-ring (bicyclic) bond motifs is 1. The first-order valence-electron chi connectivity index (χ1n) is 7.49. The molecule has 0 unspecified atom stereocenters. The number of amides is 2. The lowest BCUT2D eigenvalue weighted by Gasteiger charge is -2.07. The number of hydrogen-bond donors (Lipinski definition) is 2. The van der Waals surface area contributed by atoms with E-state index in [-0.39, 0.29) is 11.8 Å². The van der Waals surface area contributed by atoms with E-state index in [2.05, 4.69) is 26.6 Å². The average molecular weight is 379 g/mol. The topological polar surface area (TPSA) is 58.2 Å². The molecule has 4 rings (SSSR count). The SMILES string of the molecule is Bc1ccc(C2=C3C(=O)NC(c4ccc(Br)cc4)=C3C(=O)N2)cc1. The average Bonchev–Trinajstić information content (AvgIpc) is 3.08. The first-order chi connectivity index (χ1) is 11.5. The predicted octanol–water partition coefficient (Wildman–Crippen LogP) is 1.09. The second-order valence-corrected chi connectivity index (χ2v) is 6.70. The third-order valence-corrected chi connectivity index (χ3v) is 4.68. The molecule has 2 aromatic rings. The van der Waals surface area contributed by atoms with Gasteiger partial charge in [-0.15, -0.1) is 0 Å². The molecular weight excluding hydrogens is 367 g/mol. The number of rotatable bonds is 2. The molecule has 116 valence electrons. The molecular formula is C18H12BBrN2O2. The van der Waals surface area contributed by atoms with Gasteiger partial charge in [0, 0.05) is 4.47 Å². The summed E-state index contributed by atoms with van der Waals surface area (Å²) in [6.07, 6.45) is 0. The fraction of sp³-hybridized carbons (Fsp3) is 0. The molecule has 0 atom stereocenters. The van der Waals surface area contributed by atoms with Gasteiger partial charge in [0.05, 0.1) is 22.5 Å². The maximum Gasteiger partial charge on any atom is 0.258 e. The van der Waals surface area contributed by atoms with Gasteiger partial charge in [0.25, 0.3) is 11.8 Å². The summed E-state index contributed by atoms with van der Waals surface area (Å²) in [5.74, 6) is -0.506. The second-order valence-electron chi connectivity index (χ2n) is 5.78. The molecule has 2 aliphatic rings. The van der Waals surface area contributed by atoms with Crippen molar-refractivity contribution < 1.29 is 9.59 Å². The van der Waals surface area contributed by atoms with Gasteiger partial charge in [0.1, 0.15) is 7.85 Å². The van der Waals surface area contributed by atoms with Crippen molar-refractivity contribution in [3.63, 3.8) is 0 Å². The Morgan fingerprint density at radius 2 is 1.12 bits per heavy atom. The summed E-state index contributed by atoms with van der Waals surface area (Å²) in [5, 5.41) is 5.69. The molecule has 2 N–H and O–H groups in total. The van der Waals surface area contributed by atoms with Gasteiger partial charge in [0.2, 0.25) is 0 Å². The standard InChI is InChI=1S/C18H12BBrN2O2/c19-11-5-1-9(2-6-11)15-13-14(18(24)21-15)16(22-17(13)23)10-3-7-12(20)8-4-10/h1-8H,19H2,(H,21,24)(H,22,23). The van der Waals surface area contributed by atoms with Gasteiger partial charge >= 0.3 is 0 Å². The third kappa shape index (κ3) is 2.30. The molecule has 0 spiro atoms. The van der Waals surface area contributed by atoms with Crippen molar-refractivity contribution >= 4 is 52.4 Å². The number of carbonyl (C=O) groups is 2. The molecule has 0 saturated carbocycles. The van der Waals surface area contributed by atoms with Crippen LogP contribution in [0.25, 0.3) is 11.4 Å². The van der Waals surface area contributed by atoms with E-state index in [1.165, 1.54) is 0 Å². The Hall–Kier alpha value is -2.60. The quantitative estimate of drug-likeness (QED) is 0.768. The van der Waals surface area contributed by atoms with Crippen LogP contribution in [-0.4, -0.2) is 19.7 Å². The van der Waals surface area contributed by atoms with Gasteiger partial charge in [-0.3, -0.25) is 9.59 Å². The summed E-state index contributed by atoms with van der Waals surface area (Å²) < 4.78 is 0.938. The Kier molecular flexibility index (Phi) is 3.42. The Morgan fingerprint density at radius 1 is 0.708 bits per heavy atom. The van der Waals surface area contributed by atoms with Gasteiger partial charge in [0.15, 0.2) is 0 Å². The van der Waals surface area contributed by atoms with Crippen molar-refractivity contribution in [3.8, 4) is 0 Å². The Balaban J connectivity index is 1.88. The third-order valence-electron chi connectivity index (χ3n) is 4.15. The molecule has 24 heavy (non-hydrogen) atoms. The molecule has 0 bridgehead atoms. The van der Waals surface area contributed by atoms with E-state index in [4.69, 9.17) is 0 Å². The van der Waals surface area contributed by atoms with E-state index in [0.717, 1.165) is 21.1 Å². The second kappa shape index (κ2) is 5.49. The zero-order valence-electron chi connectivity index (χ0n) is 12.8. The Bertz CT molecular complexity index is 864. The van der Waals surface area contributed by atoms with E-state index in [1.54, 1.807) is 0 Å². The van der Waals surface area contributed by atoms with E-state index in [1.807, 2.05) is 56.4 Å². The smallest absolute Gasteiger partial charge is 0.258 e. The Morgan fingerprint density at radius 3 is 1.58 bits per heavy atom. The van der Waals surface area contributed by atoms with Crippen LogP contribution in [0, 0.1) is 0 Å². The zero-order chi connectivity index (χ0) is 16.8. The van der Waals surface area contributed by atoms with Gasteiger partial charge < -0.3 is 10.6 Å². The molecule has 0 radical (unpaired) electrons. The number of halogens is 1. The van der Waals surface area contributed by atoms with Crippen LogP contribution in [0.15, 0.2) is 64.1 Å². The van der Waals surface area contributed by atoms with Gasteiger partial charge in [-0.1, -0.05) is 57.8 Å². The molecule has 2 aliphatic heterocycles. The lowest BCUT2D eigenvalue weighted by atomic mass is 9.94. The summed E-state index contributed by atoms with van der Waals surface area (Å²) in [6.45, 7) is 0. The summed E-state index contributed by atoms with van der Waals surface area (Å²) >= 11 is 3.39. The summed E-state index contributed by atoms with van der Waals surface area (Å²) in [5.41, 5.74) is 4.71. The number of benzene rings is 2. The molecule has 6 heteroatoms. The van der Waals surface area contributed by atoms with Crippen LogP contribution in [0.1, 0.15) is 11.1 Å². The largest absolute Gasteiger partial charge is 0.321 e. The highest BCUT2D eigenvalue weighted by molar-refractivity contribution is 9.10. The van der Waals surface area contributed by atoms with Crippen LogP contribution in [0.3, 0.4) is 0 Å². The molecule has 0 aromatic heterocycles. The van der Waals surface area contributed by atoms with Crippen molar-refractivity contribution in [2.45, 2.75) is 0 Å². The van der Waals surface area contributed by atoms with E-state index < -0.39 is 0 Å². The van der Waals surface area contributed by atoms with Crippen LogP contribution >= 0.6 is 15.9 Å². The molecule has 2 amide bonds. The van der Waals surface area contributed by atoms with E-state index >= 15 is 0 Å². The first kappa shape index (κ1) is 15.0. The predicted molar refractivity (Wildman–Crippen MR) is 98.9 cm³/mol. The minimum Gasteiger partial charge on any atom is -0.321 e. The highest BCUT2D eigenvalue weighted by atomic mass is 79.9. The van der Waals surface area contributed by atoms with Gasteiger partial charge in [-0.05, 0) is 23.3 Å². The van der Waals surface area contributed by atoms with E-state index in [0.29, 0.717) is 22.5 Å². The number of nitrogens with one attached hydrogen (secondary N) is 2. The van der Waals surface area contributed by atoms with Crippen molar-refractivity contribution in [1.29, 1.82) is 0 Å². The highest BCUT2D eigenvalue weighted by Crippen LogP contribution is 2.37. The van der Waals surface area contributed by atoms with Crippen molar-refractivity contribution in [3.05, 3.63) is 75.3 Å². The van der Waals surface area contributed by atoms with Crippen LogP contribution in [0.2, 0.25) is 0 Å². The van der Waals surface area contributed by atoms with Gasteiger partial charge in [-0.25, -0.2) is 0 Å². The van der Waals surface area contributed by atoms with Crippen LogP contribution in [0.5, 0.6) is 0 Å². The van der Waals surface area contributed by atoms with Crippen LogP contribution in [0.4, 0.5) is 0 Å². The van der Waals surface area contributed by atoms with Crippen molar-refractivity contribution in [1.82, 2.24) is 10.6 Å². The molecule has 2 aromatic carbocycles. The maximum absolute atomic E-state index is 12.5. The molecule has 0 aliphatic carbocycles. The summed E-state index contributed by atoms with van der Waals surface area (Å²) in [7, 11) is 1.99. The fourth-order valence-electron chi connectivity index (χ4n) is 2.95. The lowest BCUT2D eigenvalue weighted by molar-refractivity contribution is -0.117. The van der Waals surface area contributed by atoms with Gasteiger partial charge in [-0.2, -0.15) is 0 Å². The molecule has 0 fully saturated rings. The van der Waals surface area contributed by atoms with Crippen molar-refractivity contribution in [2.24, 2.45) is 0 Å². The van der Waals surface area contributed by atoms with Crippen molar-refractivity contribution in [2.75, 3.05) is 0 Å². The Labute approximate surface area is 148 Å². The number of hydrogen-bond acceptors (Lipinski definition) is 2.